The fourth-order valence-corrected chi connectivity index (χ4v) is 0.295. The molecule has 1 aliphatic rings. The number of ether oxygens (including phenoxy) is 2. The van der Waals surface area contributed by atoms with Crippen LogP contribution >= 0.6 is 0 Å². The molecule has 3 nitrogen and oxygen atoms in total. The molecule has 0 aliphatic carbocycles. The summed E-state index contributed by atoms with van der Waals surface area (Å²) in [7, 11) is 2.75. The summed E-state index contributed by atoms with van der Waals surface area (Å²) in [5.41, 5.74) is 4.25. The number of rotatable bonds is 0. The van der Waals surface area contributed by atoms with Crippen molar-refractivity contribution in [1.29, 1.82) is 0 Å². The summed E-state index contributed by atoms with van der Waals surface area (Å²) in [6.07, 6.45) is 0. The van der Waals surface area contributed by atoms with Crippen LogP contribution in [0.4, 0.5) is 0 Å². The molecule has 0 saturated carbocycles. The molecule has 54 valence electrons. The molecular weight excluding hydrogens is 289 g/mol. The fourth-order valence-electron chi connectivity index (χ4n) is 0.295. The van der Waals surface area contributed by atoms with Crippen LogP contribution in [0, 0.1) is 7.05 Å². The van der Waals surface area contributed by atoms with Gasteiger partial charge in [-0.3, -0.25) is 7.05 Å². The quantitative estimate of drug-likeness (QED) is 0.626. The molecule has 2 N–H and O–H groups in total. The third-order valence-corrected chi connectivity index (χ3v) is 0.539. The first-order valence-corrected chi connectivity index (χ1v) is 2.06. The Morgan fingerprint density at radius 2 is 1.50 bits per heavy atom. The minimum absolute atomic E-state index is 0. The summed E-state index contributed by atoms with van der Waals surface area (Å²) in [6.45, 7) is 2.06. The Bertz CT molecular complexity index is 25.6. The van der Waals surface area contributed by atoms with Crippen LogP contribution in [0.5, 0.6) is 0 Å². The second-order valence-electron chi connectivity index (χ2n) is 0.934. The van der Waals surface area contributed by atoms with E-state index in [4.69, 9.17) is 9.47 Å². The molecule has 0 aromatic carbocycles. The summed E-state index contributed by atoms with van der Waals surface area (Å²) in [4.78, 5) is 0. The van der Waals surface area contributed by atoms with E-state index in [1.807, 2.05) is 0 Å². The van der Waals surface area contributed by atoms with Gasteiger partial charge in [0.05, 0.1) is 13.2 Å². The molecule has 8 heavy (non-hydrogen) atoms. The molecule has 1 heterocycles. The van der Waals surface area contributed by atoms with Crippen molar-refractivity contribution < 1.29 is 30.5 Å². The largest absolute Gasteiger partial charge is 0.486 e. The van der Waals surface area contributed by atoms with Crippen molar-refractivity contribution in [3.63, 3.8) is 0 Å². The van der Waals surface area contributed by atoms with Gasteiger partial charge in [-0.1, -0.05) is 0 Å². The number of hydrogen-bond donors (Lipinski definition) is 1. The molecule has 0 unspecified atom stereocenters. The van der Waals surface area contributed by atoms with E-state index in [-0.39, 0.29) is 21.1 Å². The normalized spacial score (nSPS) is 15.8. The van der Waals surface area contributed by atoms with Crippen molar-refractivity contribution in [1.82, 2.24) is 0 Å². The van der Waals surface area contributed by atoms with Gasteiger partial charge in [-0.15, -0.1) is 0 Å². The predicted octanol–water partition coefficient (Wildman–Crippen LogP) is -0.275. The first kappa shape index (κ1) is 11.4. The fraction of sp³-hybridized carbons (Fsp3) is 0.750. The van der Waals surface area contributed by atoms with Gasteiger partial charge < -0.3 is 15.2 Å². The minimum atomic E-state index is 0. The third-order valence-electron chi connectivity index (χ3n) is 0.539. The van der Waals surface area contributed by atoms with E-state index in [9.17, 15) is 0 Å². The van der Waals surface area contributed by atoms with Crippen LogP contribution in [0.2, 0.25) is 0 Å². The van der Waals surface area contributed by atoms with Crippen LogP contribution < -0.4 is 5.73 Å². The molecule has 0 amide bonds. The van der Waals surface area contributed by atoms with Gasteiger partial charge in [0.25, 0.3) is 0 Å². The van der Waals surface area contributed by atoms with Crippen LogP contribution in [-0.4, -0.2) is 20.0 Å². The average Bonchev–Trinajstić information content (AvgIpc) is 2.23. The molecule has 1 rings (SSSR count). The molecule has 1 aliphatic heterocycles. The van der Waals surface area contributed by atoms with Gasteiger partial charge in [0.15, 0.2) is 0 Å². The maximum atomic E-state index is 4.72. The summed E-state index contributed by atoms with van der Waals surface area (Å²) in [6, 6.07) is 0. The molecule has 0 bridgehead atoms. The monoisotopic (exact) mass is 299 g/mol. The van der Waals surface area contributed by atoms with Gasteiger partial charge in [0, 0.05) is 21.1 Å². The molecule has 4 heteroatoms. The second-order valence-corrected chi connectivity index (χ2v) is 0.934. The van der Waals surface area contributed by atoms with Crippen molar-refractivity contribution in [3.05, 3.63) is 7.05 Å². The SMILES string of the molecule is C1COCO1.[CH2-]N.[Pt]. The van der Waals surface area contributed by atoms with Crippen molar-refractivity contribution in [2.24, 2.45) is 5.73 Å². The standard InChI is InChI=1S/C3H6O2.CH4N.Pt/c1-2-5-3-4-1;1-2;/h1-3H2;1-2H2;/q;-1;. The Morgan fingerprint density at radius 3 is 1.62 bits per heavy atom. The number of nitrogens with two attached hydrogens (primary N) is 1. The van der Waals surface area contributed by atoms with E-state index in [0.717, 1.165) is 13.2 Å². The van der Waals surface area contributed by atoms with E-state index in [2.05, 4.69) is 12.8 Å². The molecule has 0 spiro atoms. The zero-order valence-electron chi connectivity index (χ0n) is 4.54. The zero-order chi connectivity index (χ0) is 5.54. The van der Waals surface area contributed by atoms with Crippen LogP contribution in [0.25, 0.3) is 0 Å². The number of hydrogen-bond acceptors (Lipinski definition) is 3. The van der Waals surface area contributed by atoms with Crippen molar-refractivity contribution in [3.8, 4) is 0 Å². The van der Waals surface area contributed by atoms with Crippen molar-refractivity contribution >= 4 is 0 Å². The summed E-state index contributed by atoms with van der Waals surface area (Å²) < 4.78 is 9.44. The van der Waals surface area contributed by atoms with Crippen molar-refractivity contribution in [2.45, 2.75) is 0 Å². The minimum Gasteiger partial charge on any atom is -0.486 e. The van der Waals surface area contributed by atoms with Gasteiger partial charge in [-0.25, -0.2) is 0 Å². The van der Waals surface area contributed by atoms with Crippen LogP contribution in [0.3, 0.4) is 0 Å². The van der Waals surface area contributed by atoms with E-state index in [1.54, 1.807) is 0 Å². The molecule has 1 fully saturated rings. The molecule has 0 aromatic rings. The van der Waals surface area contributed by atoms with Gasteiger partial charge in [-0.2, -0.15) is 0 Å². The Kier molecular flexibility index (Phi) is 15.0. The first-order valence-electron chi connectivity index (χ1n) is 2.06. The second kappa shape index (κ2) is 10.5. The molecule has 0 radical (unpaired) electrons. The summed E-state index contributed by atoms with van der Waals surface area (Å²) in [5, 5.41) is 0. The Labute approximate surface area is 63.8 Å². The molecule has 0 atom stereocenters. The summed E-state index contributed by atoms with van der Waals surface area (Å²) in [5.74, 6) is 0. The van der Waals surface area contributed by atoms with Crippen LogP contribution in [-0.2, 0) is 30.5 Å². The molecule has 0 aromatic heterocycles. The smallest absolute Gasteiger partial charge is 0.146 e. The average molecular weight is 299 g/mol. The van der Waals surface area contributed by atoms with Crippen molar-refractivity contribution in [2.75, 3.05) is 20.0 Å². The van der Waals surface area contributed by atoms with E-state index in [1.165, 1.54) is 0 Å². The molecular formula is C4H10NO2Pt-. The Hall–Kier alpha value is 0.568. The third kappa shape index (κ3) is 6.57. The van der Waals surface area contributed by atoms with Gasteiger partial charge in [0.1, 0.15) is 6.79 Å². The Morgan fingerprint density at radius 1 is 1.12 bits per heavy atom. The van der Waals surface area contributed by atoms with Gasteiger partial charge in [-0.05, 0) is 0 Å². The van der Waals surface area contributed by atoms with Crippen LogP contribution in [0.1, 0.15) is 0 Å². The maximum absolute atomic E-state index is 4.72. The first-order chi connectivity index (χ1) is 3.50. The zero-order valence-corrected chi connectivity index (χ0v) is 6.81. The van der Waals surface area contributed by atoms with Crippen LogP contribution in [0.15, 0.2) is 0 Å². The molecule has 1 saturated heterocycles. The van der Waals surface area contributed by atoms with Gasteiger partial charge >= 0.3 is 0 Å². The van der Waals surface area contributed by atoms with Gasteiger partial charge in [0.2, 0.25) is 0 Å². The van der Waals surface area contributed by atoms with E-state index < -0.39 is 0 Å². The van der Waals surface area contributed by atoms with E-state index in [0.29, 0.717) is 6.79 Å². The predicted molar refractivity (Wildman–Crippen MR) is 26.3 cm³/mol. The summed E-state index contributed by atoms with van der Waals surface area (Å²) >= 11 is 0. The topological polar surface area (TPSA) is 44.5 Å². The van der Waals surface area contributed by atoms with E-state index >= 15 is 0 Å². The maximum Gasteiger partial charge on any atom is 0.146 e. The Balaban J connectivity index is 0.